The Bertz CT molecular complexity index is 392. The minimum absolute atomic E-state index is 0.232. The van der Waals surface area contributed by atoms with Gasteiger partial charge in [-0.15, -0.1) is 0 Å². The van der Waals surface area contributed by atoms with Gasteiger partial charge in [-0.25, -0.2) is 0 Å². The molecule has 0 radical (unpaired) electrons. The second-order valence-electron chi connectivity index (χ2n) is 4.36. The van der Waals surface area contributed by atoms with Gasteiger partial charge in [0.1, 0.15) is 6.29 Å². The molecule has 0 fully saturated rings. The highest BCUT2D eigenvalue weighted by atomic mass is 16.5. The zero-order valence-corrected chi connectivity index (χ0v) is 12.1. The number of rotatable bonds is 10. The van der Waals surface area contributed by atoms with Crippen molar-refractivity contribution < 1.29 is 24.1 Å². The lowest BCUT2D eigenvalue weighted by atomic mass is 10.2. The topological polar surface area (TPSA) is 65.0 Å². The molecule has 1 aromatic rings. The lowest BCUT2D eigenvalue weighted by Crippen LogP contribution is -2.02. The van der Waals surface area contributed by atoms with Crippen molar-refractivity contribution in [2.45, 2.75) is 25.7 Å². The zero-order valence-electron chi connectivity index (χ0n) is 12.1. The van der Waals surface area contributed by atoms with Gasteiger partial charge in [0.15, 0.2) is 11.5 Å². The first-order valence-corrected chi connectivity index (χ1v) is 6.71. The Morgan fingerprint density at radius 1 is 1.05 bits per heavy atom. The minimum atomic E-state index is 0.232. The molecule has 0 atom stereocenters. The Morgan fingerprint density at radius 3 is 2.15 bits per heavy atom. The van der Waals surface area contributed by atoms with Gasteiger partial charge in [0, 0.05) is 12.2 Å². The molecule has 0 aromatic heterocycles. The van der Waals surface area contributed by atoms with Gasteiger partial charge in [-0.05, 0) is 31.4 Å². The molecule has 0 aliphatic carbocycles. The second kappa shape index (κ2) is 9.20. The number of aliphatic hydroxyl groups is 1. The number of unbranched alkanes of at least 4 members (excludes halogenated alkanes) is 3. The monoisotopic (exact) mass is 282 g/mol. The Morgan fingerprint density at radius 2 is 1.65 bits per heavy atom. The molecule has 0 aliphatic heterocycles. The predicted molar refractivity (Wildman–Crippen MR) is 76.0 cm³/mol. The van der Waals surface area contributed by atoms with Gasteiger partial charge in [0.25, 0.3) is 0 Å². The minimum Gasteiger partial charge on any atom is -0.493 e. The van der Waals surface area contributed by atoms with Crippen LogP contribution in [0.4, 0.5) is 0 Å². The summed E-state index contributed by atoms with van der Waals surface area (Å²) in [6, 6.07) is 3.24. The van der Waals surface area contributed by atoms with E-state index in [2.05, 4.69) is 0 Å². The number of hydrogen-bond acceptors (Lipinski definition) is 5. The molecule has 20 heavy (non-hydrogen) atoms. The van der Waals surface area contributed by atoms with E-state index in [9.17, 15) is 4.79 Å². The first-order chi connectivity index (χ1) is 9.76. The molecule has 112 valence electrons. The van der Waals surface area contributed by atoms with Crippen LogP contribution in [0.3, 0.4) is 0 Å². The zero-order chi connectivity index (χ0) is 14.8. The molecule has 1 rings (SSSR count). The van der Waals surface area contributed by atoms with Crippen LogP contribution in [0.25, 0.3) is 0 Å². The van der Waals surface area contributed by atoms with Crippen LogP contribution in [0, 0.1) is 0 Å². The number of aliphatic hydroxyl groups excluding tert-OH is 1. The molecule has 0 heterocycles. The third-order valence-electron chi connectivity index (χ3n) is 2.92. The maximum atomic E-state index is 10.8. The summed E-state index contributed by atoms with van der Waals surface area (Å²) in [6.07, 6.45) is 4.43. The van der Waals surface area contributed by atoms with Crippen LogP contribution in [-0.2, 0) is 0 Å². The molecule has 5 heteroatoms. The molecule has 0 saturated heterocycles. The fourth-order valence-electron chi connectivity index (χ4n) is 1.85. The molecular weight excluding hydrogens is 260 g/mol. The maximum absolute atomic E-state index is 10.8. The Kier molecular flexibility index (Phi) is 7.50. The molecule has 0 aliphatic rings. The summed E-state index contributed by atoms with van der Waals surface area (Å²) < 4.78 is 16.2. The van der Waals surface area contributed by atoms with Gasteiger partial charge in [-0.2, -0.15) is 0 Å². The van der Waals surface area contributed by atoms with E-state index in [-0.39, 0.29) is 6.61 Å². The predicted octanol–water partition coefficient (Wildman–Crippen LogP) is 2.45. The molecule has 0 bridgehead atoms. The van der Waals surface area contributed by atoms with E-state index in [1.165, 1.54) is 14.2 Å². The summed E-state index contributed by atoms with van der Waals surface area (Å²) in [6.45, 7) is 0.772. The smallest absolute Gasteiger partial charge is 0.203 e. The first kappa shape index (κ1) is 16.3. The quantitative estimate of drug-likeness (QED) is 0.527. The largest absolute Gasteiger partial charge is 0.493 e. The van der Waals surface area contributed by atoms with Crippen LogP contribution in [0.5, 0.6) is 17.2 Å². The van der Waals surface area contributed by atoms with Gasteiger partial charge in [-0.1, -0.05) is 6.42 Å². The van der Waals surface area contributed by atoms with Crippen LogP contribution in [0.1, 0.15) is 36.0 Å². The van der Waals surface area contributed by atoms with E-state index < -0.39 is 0 Å². The van der Waals surface area contributed by atoms with Crippen molar-refractivity contribution in [1.82, 2.24) is 0 Å². The number of benzene rings is 1. The molecule has 1 N–H and O–H groups in total. The lowest BCUT2D eigenvalue weighted by molar-refractivity contribution is 0.112. The van der Waals surface area contributed by atoms with Crippen molar-refractivity contribution in [3.63, 3.8) is 0 Å². The average Bonchev–Trinajstić information content (AvgIpc) is 2.50. The van der Waals surface area contributed by atoms with Gasteiger partial charge in [0.2, 0.25) is 5.75 Å². The molecule has 0 saturated carbocycles. The van der Waals surface area contributed by atoms with Crippen LogP contribution >= 0.6 is 0 Å². The number of hydrogen-bond donors (Lipinski definition) is 1. The third kappa shape index (κ3) is 4.74. The van der Waals surface area contributed by atoms with Crippen molar-refractivity contribution >= 4 is 6.29 Å². The Balaban J connectivity index is 2.65. The van der Waals surface area contributed by atoms with Gasteiger partial charge in [-0.3, -0.25) is 4.79 Å². The van der Waals surface area contributed by atoms with Crippen LogP contribution < -0.4 is 14.2 Å². The van der Waals surface area contributed by atoms with Gasteiger partial charge in [0.05, 0.1) is 20.8 Å². The molecule has 0 spiro atoms. The summed E-state index contributed by atoms with van der Waals surface area (Å²) in [5.74, 6) is 1.49. The first-order valence-electron chi connectivity index (χ1n) is 6.71. The van der Waals surface area contributed by atoms with E-state index in [1.54, 1.807) is 12.1 Å². The van der Waals surface area contributed by atoms with E-state index >= 15 is 0 Å². The van der Waals surface area contributed by atoms with Crippen molar-refractivity contribution in [3.05, 3.63) is 17.7 Å². The summed E-state index contributed by atoms with van der Waals surface area (Å²) in [5.41, 5.74) is 0.481. The molecular formula is C15H22O5. The summed E-state index contributed by atoms with van der Waals surface area (Å²) in [5, 5.41) is 8.69. The second-order valence-corrected chi connectivity index (χ2v) is 4.36. The van der Waals surface area contributed by atoms with E-state index in [0.29, 0.717) is 29.4 Å². The number of methoxy groups -OCH3 is 2. The van der Waals surface area contributed by atoms with E-state index in [4.69, 9.17) is 19.3 Å². The normalized spacial score (nSPS) is 10.2. The van der Waals surface area contributed by atoms with E-state index in [1.807, 2.05) is 0 Å². The Labute approximate surface area is 119 Å². The number of ether oxygens (including phenoxy) is 3. The molecule has 0 unspecified atom stereocenters. The summed E-state index contributed by atoms with van der Waals surface area (Å²) >= 11 is 0. The van der Waals surface area contributed by atoms with Crippen molar-refractivity contribution in [1.29, 1.82) is 0 Å². The van der Waals surface area contributed by atoms with E-state index in [0.717, 1.165) is 32.0 Å². The van der Waals surface area contributed by atoms with Crippen molar-refractivity contribution in [2.75, 3.05) is 27.4 Å². The molecule has 1 aromatic carbocycles. The Hall–Kier alpha value is -1.75. The molecule has 5 nitrogen and oxygen atoms in total. The third-order valence-corrected chi connectivity index (χ3v) is 2.92. The molecule has 0 amide bonds. The highest BCUT2D eigenvalue weighted by Crippen LogP contribution is 2.38. The highest BCUT2D eigenvalue weighted by molar-refractivity contribution is 5.78. The number of aldehydes is 1. The fraction of sp³-hybridized carbons (Fsp3) is 0.533. The van der Waals surface area contributed by atoms with Crippen LogP contribution in [-0.4, -0.2) is 38.8 Å². The number of carbonyl (C=O) groups is 1. The fourth-order valence-corrected chi connectivity index (χ4v) is 1.85. The van der Waals surface area contributed by atoms with Crippen molar-refractivity contribution in [2.24, 2.45) is 0 Å². The standard InChI is InChI=1S/C15H22O5/c1-18-13-9-12(11-17)10-14(19-2)15(13)20-8-6-4-3-5-7-16/h9-11,16H,3-8H2,1-2H3. The van der Waals surface area contributed by atoms with Crippen LogP contribution in [0.2, 0.25) is 0 Å². The average molecular weight is 282 g/mol. The van der Waals surface area contributed by atoms with Crippen LogP contribution in [0.15, 0.2) is 12.1 Å². The summed E-state index contributed by atoms with van der Waals surface area (Å²) in [4.78, 5) is 10.8. The SMILES string of the molecule is COc1cc(C=O)cc(OC)c1OCCCCCCO. The maximum Gasteiger partial charge on any atom is 0.203 e. The number of carbonyl (C=O) groups excluding carboxylic acids is 1. The summed E-state index contributed by atoms with van der Waals surface area (Å²) in [7, 11) is 3.05. The van der Waals surface area contributed by atoms with Gasteiger partial charge < -0.3 is 19.3 Å². The van der Waals surface area contributed by atoms with Gasteiger partial charge >= 0.3 is 0 Å². The highest BCUT2D eigenvalue weighted by Gasteiger charge is 2.13. The van der Waals surface area contributed by atoms with Crippen molar-refractivity contribution in [3.8, 4) is 17.2 Å². The lowest BCUT2D eigenvalue weighted by Gasteiger charge is -2.15.